The summed E-state index contributed by atoms with van der Waals surface area (Å²) in [6.07, 6.45) is 2.35. The average Bonchev–Trinajstić information content (AvgIpc) is 3.49. The first-order valence-corrected chi connectivity index (χ1v) is 13.2. The molecule has 1 saturated heterocycles. The summed E-state index contributed by atoms with van der Waals surface area (Å²) >= 11 is 6.05. The summed E-state index contributed by atoms with van der Waals surface area (Å²) in [5.74, 6) is 2.06. The summed E-state index contributed by atoms with van der Waals surface area (Å²) in [5.41, 5.74) is 2.97. The van der Waals surface area contributed by atoms with E-state index in [1.54, 1.807) is 0 Å². The predicted molar refractivity (Wildman–Crippen MR) is 150 cm³/mol. The molecule has 186 valence electrons. The number of halogens is 1. The third-order valence-corrected chi connectivity index (χ3v) is 7.33. The normalized spacial score (nSPS) is 15.6. The van der Waals surface area contributed by atoms with Crippen molar-refractivity contribution in [2.24, 2.45) is 0 Å². The molecule has 1 aliphatic rings. The lowest BCUT2D eigenvalue weighted by Crippen LogP contribution is -2.24. The van der Waals surface area contributed by atoms with Crippen molar-refractivity contribution < 1.29 is 9.53 Å². The number of para-hydroxylation sites is 2. The Hall–Kier alpha value is -3.83. The van der Waals surface area contributed by atoms with E-state index in [-0.39, 0.29) is 11.8 Å². The average molecular weight is 510 g/mol. The Morgan fingerprint density at radius 2 is 1.68 bits per heavy atom. The first-order chi connectivity index (χ1) is 18.2. The molecule has 37 heavy (non-hydrogen) atoms. The standard InChI is InChI=1S/C31H28ClN3O2/c32-25-12-14-26(15-13-25)35-21-24(20-30(35)36)31-33-28-9-3-4-10-29(28)34(31)17-5-6-18-37-27-16-11-22-7-1-2-8-23(22)19-27/h1-4,7-16,19,24H,5-6,17-18,20-21H2. The van der Waals surface area contributed by atoms with E-state index >= 15 is 0 Å². The van der Waals surface area contributed by atoms with Gasteiger partial charge in [-0.2, -0.15) is 0 Å². The number of hydrogen-bond acceptors (Lipinski definition) is 3. The molecule has 6 rings (SSSR count). The highest BCUT2D eigenvalue weighted by Gasteiger charge is 2.34. The third-order valence-electron chi connectivity index (χ3n) is 7.08. The van der Waals surface area contributed by atoms with Crippen molar-refractivity contribution in [2.45, 2.75) is 31.7 Å². The van der Waals surface area contributed by atoms with Gasteiger partial charge in [-0.25, -0.2) is 4.98 Å². The molecule has 1 atom stereocenters. The first kappa shape index (κ1) is 23.6. The van der Waals surface area contributed by atoms with Crippen LogP contribution in [0.1, 0.15) is 31.0 Å². The second-order valence-corrected chi connectivity index (χ2v) is 9.99. The number of carbonyl (C=O) groups is 1. The van der Waals surface area contributed by atoms with Gasteiger partial charge >= 0.3 is 0 Å². The number of fused-ring (bicyclic) bond motifs is 2. The Morgan fingerprint density at radius 1 is 0.892 bits per heavy atom. The molecule has 4 aromatic carbocycles. The highest BCUT2D eigenvalue weighted by atomic mass is 35.5. The van der Waals surface area contributed by atoms with Crippen molar-refractivity contribution >= 4 is 45.0 Å². The van der Waals surface area contributed by atoms with E-state index in [4.69, 9.17) is 21.3 Å². The summed E-state index contributed by atoms with van der Waals surface area (Å²) in [6, 6.07) is 30.2. The molecular weight excluding hydrogens is 482 g/mol. The van der Waals surface area contributed by atoms with E-state index in [1.165, 1.54) is 10.8 Å². The molecule has 5 nitrogen and oxygen atoms in total. The maximum absolute atomic E-state index is 12.9. The Bertz CT molecular complexity index is 1560. The number of imidazole rings is 1. The van der Waals surface area contributed by atoms with E-state index in [2.05, 4.69) is 34.9 Å². The van der Waals surface area contributed by atoms with Crippen LogP contribution >= 0.6 is 11.6 Å². The fraction of sp³-hybridized carbons (Fsp3) is 0.226. The molecule has 1 aromatic heterocycles. The van der Waals surface area contributed by atoms with Gasteiger partial charge in [0.25, 0.3) is 0 Å². The summed E-state index contributed by atoms with van der Waals surface area (Å²) in [6.45, 7) is 2.12. The number of aryl methyl sites for hydroxylation is 1. The zero-order valence-corrected chi connectivity index (χ0v) is 21.3. The lowest BCUT2D eigenvalue weighted by Gasteiger charge is -2.17. The molecule has 0 bridgehead atoms. The quantitative estimate of drug-likeness (QED) is 0.207. The maximum atomic E-state index is 12.9. The molecule has 5 aromatic rings. The van der Waals surface area contributed by atoms with E-state index in [0.29, 0.717) is 24.6 Å². The number of hydrogen-bond donors (Lipinski definition) is 0. The number of aromatic nitrogens is 2. The molecule has 0 N–H and O–H groups in total. The highest BCUT2D eigenvalue weighted by molar-refractivity contribution is 6.30. The van der Waals surface area contributed by atoms with Crippen molar-refractivity contribution in [1.29, 1.82) is 0 Å². The van der Waals surface area contributed by atoms with Gasteiger partial charge in [0.1, 0.15) is 11.6 Å². The van der Waals surface area contributed by atoms with Crippen LogP contribution < -0.4 is 9.64 Å². The summed E-state index contributed by atoms with van der Waals surface area (Å²) in [4.78, 5) is 19.8. The van der Waals surface area contributed by atoms with Gasteiger partial charge in [-0.15, -0.1) is 0 Å². The van der Waals surface area contributed by atoms with Gasteiger partial charge in [0, 0.05) is 36.1 Å². The Kier molecular flexibility index (Phi) is 6.54. The number of rotatable bonds is 8. The Labute approximate surface area is 221 Å². The van der Waals surface area contributed by atoms with Crippen LogP contribution in [-0.2, 0) is 11.3 Å². The van der Waals surface area contributed by atoms with Crippen LogP contribution in [0.25, 0.3) is 21.8 Å². The first-order valence-electron chi connectivity index (χ1n) is 12.8. The summed E-state index contributed by atoms with van der Waals surface area (Å²) in [7, 11) is 0. The molecule has 0 aliphatic carbocycles. The van der Waals surface area contributed by atoms with Gasteiger partial charge in [-0.05, 0) is 72.1 Å². The van der Waals surface area contributed by atoms with Gasteiger partial charge in [0.15, 0.2) is 0 Å². The molecule has 1 amide bonds. The van der Waals surface area contributed by atoms with Crippen LogP contribution in [0.5, 0.6) is 5.75 Å². The smallest absolute Gasteiger partial charge is 0.227 e. The van der Waals surface area contributed by atoms with Crippen LogP contribution in [0.4, 0.5) is 5.69 Å². The van der Waals surface area contributed by atoms with E-state index < -0.39 is 0 Å². The zero-order valence-electron chi connectivity index (χ0n) is 20.5. The van der Waals surface area contributed by atoms with E-state index in [1.807, 2.05) is 65.6 Å². The van der Waals surface area contributed by atoms with Gasteiger partial charge < -0.3 is 14.2 Å². The van der Waals surface area contributed by atoms with Crippen LogP contribution in [0.3, 0.4) is 0 Å². The molecule has 6 heteroatoms. The number of benzene rings is 4. The Morgan fingerprint density at radius 3 is 2.54 bits per heavy atom. The van der Waals surface area contributed by atoms with Crippen molar-refractivity contribution in [1.82, 2.24) is 9.55 Å². The van der Waals surface area contributed by atoms with Crippen molar-refractivity contribution in [3.63, 3.8) is 0 Å². The number of unbranched alkanes of at least 4 members (excludes halogenated alkanes) is 1. The highest BCUT2D eigenvalue weighted by Crippen LogP contribution is 2.34. The third kappa shape index (κ3) is 4.92. The molecule has 1 fully saturated rings. The second kappa shape index (κ2) is 10.3. The second-order valence-electron chi connectivity index (χ2n) is 9.56. The summed E-state index contributed by atoms with van der Waals surface area (Å²) in [5, 5.41) is 3.07. The summed E-state index contributed by atoms with van der Waals surface area (Å²) < 4.78 is 8.35. The van der Waals surface area contributed by atoms with Crippen LogP contribution in [-0.4, -0.2) is 28.6 Å². The molecule has 1 aliphatic heterocycles. The molecular formula is C31H28ClN3O2. The van der Waals surface area contributed by atoms with Gasteiger partial charge in [0.05, 0.1) is 17.6 Å². The van der Waals surface area contributed by atoms with Crippen molar-refractivity contribution in [2.75, 3.05) is 18.1 Å². The molecule has 2 heterocycles. The number of anilines is 1. The fourth-order valence-electron chi connectivity index (χ4n) is 5.21. The van der Waals surface area contributed by atoms with Crippen molar-refractivity contribution in [3.8, 4) is 5.75 Å². The Balaban J connectivity index is 1.14. The molecule has 0 spiro atoms. The van der Waals surface area contributed by atoms with Gasteiger partial charge in [-0.3, -0.25) is 4.79 Å². The van der Waals surface area contributed by atoms with Crippen molar-refractivity contribution in [3.05, 3.63) is 102 Å². The van der Waals surface area contributed by atoms with Crippen LogP contribution in [0.15, 0.2) is 91.0 Å². The molecule has 0 radical (unpaired) electrons. The molecule has 0 saturated carbocycles. The number of nitrogens with zero attached hydrogens (tertiary/aromatic N) is 3. The fourth-order valence-corrected chi connectivity index (χ4v) is 5.34. The number of carbonyl (C=O) groups excluding carboxylic acids is 1. The van der Waals surface area contributed by atoms with Crippen LogP contribution in [0.2, 0.25) is 5.02 Å². The largest absolute Gasteiger partial charge is 0.494 e. The minimum absolute atomic E-state index is 0.0458. The topological polar surface area (TPSA) is 47.4 Å². The van der Waals surface area contributed by atoms with Crippen LogP contribution in [0, 0.1) is 0 Å². The lowest BCUT2D eigenvalue weighted by atomic mass is 10.1. The van der Waals surface area contributed by atoms with Gasteiger partial charge in [0.2, 0.25) is 5.91 Å². The van der Waals surface area contributed by atoms with E-state index in [9.17, 15) is 4.79 Å². The predicted octanol–water partition coefficient (Wildman–Crippen LogP) is 7.22. The minimum atomic E-state index is 0.0458. The SMILES string of the molecule is O=C1CC(c2nc3ccccc3n2CCCCOc2ccc3ccccc3c2)CN1c1ccc(Cl)cc1. The lowest BCUT2D eigenvalue weighted by molar-refractivity contribution is -0.117. The van der Waals surface area contributed by atoms with E-state index in [0.717, 1.165) is 47.7 Å². The maximum Gasteiger partial charge on any atom is 0.227 e. The zero-order chi connectivity index (χ0) is 25.2. The number of amides is 1. The minimum Gasteiger partial charge on any atom is -0.494 e. The molecule has 1 unspecified atom stereocenters. The number of ether oxygens (including phenoxy) is 1. The van der Waals surface area contributed by atoms with Gasteiger partial charge in [-0.1, -0.05) is 54.1 Å². The monoisotopic (exact) mass is 509 g/mol.